The second kappa shape index (κ2) is 7.27. The van der Waals surface area contributed by atoms with Gasteiger partial charge in [-0.1, -0.05) is 34.8 Å². The first-order valence-electron chi connectivity index (χ1n) is 5.88. The van der Waals surface area contributed by atoms with Crippen LogP contribution in [0.25, 0.3) is 0 Å². The Morgan fingerprint density at radius 3 is 2.52 bits per heavy atom. The van der Waals surface area contributed by atoms with Crippen LogP contribution in [0, 0.1) is 0 Å². The first kappa shape index (κ1) is 16.3. The van der Waals surface area contributed by atoms with Gasteiger partial charge in [0.25, 0.3) is 0 Å². The largest absolute Gasteiger partial charge is 0.397 e. The number of halogens is 3. The van der Waals surface area contributed by atoms with E-state index < -0.39 is 0 Å². The maximum absolute atomic E-state index is 11.9. The van der Waals surface area contributed by atoms with E-state index >= 15 is 0 Å². The van der Waals surface area contributed by atoms with Crippen LogP contribution in [-0.4, -0.2) is 11.7 Å². The fraction of sp³-hybridized carbons (Fsp3) is 0.0714. The van der Waals surface area contributed by atoms with Crippen molar-refractivity contribution in [2.75, 3.05) is 16.8 Å². The van der Waals surface area contributed by atoms with E-state index in [1.165, 1.54) is 11.8 Å². The van der Waals surface area contributed by atoms with Crippen LogP contribution in [0.5, 0.6) is 0 Å². The SMILES string of the molecule is Nc1ccc(Cl)cc1NC(=O)CSc1cc(Cl)ccc1Cl. The molecule has 110 valence electrons. The van der Waals surface area contributed by atoms with E-state index in [-0.39, 0.29) is 11.7 Å². The van der Waals surface area contributed by atoms with E-state index in [0.29, 0.717) is 26.4 Å². The number of hydrogen-bond acceptors (Lipinski definition) is 3. The van der Waals surface area contributed by atoms with Crippen molar-refractivity contribution < 1.29 is 4.79 Å². The van der Waals surface area contributed by atoms with E-state index in [1.807, 2.05) is 0 Å². The molecule has 0 heterocycles. The number of amides is 1. The van der Waals surface area contributed by atoms with Gasteiger partial charge in [0.2, 0.25) is 5.91 Å². The highest BCUT2D eigenvalue weighted by Crippen LogP contribution is 2.30. The molecule has 0 unspecified atom stereocenters. The van der Waals surface area contributed by atoms with Gasteiger partial charge in [-0.05, 0) is 36.4 Å². The van der Waals surface area contributed by atoms with Gasteiger partial charge in [0, 0.05) is 14.9 Å². The third-order valence-corrected chi connectivity index (χ3v) is 4.51. The number of hydrogen-bond donors (Lipinski definition) is 2. The highest BCUT2D eigenvalue weighted by molar-refractivity contribution is 8.00. The summed E-state index contributed by atoms with van der Waals surface area (Å²) in [5, 5.41) is 4.34. The summed E-state index contributed by atoms with van der Waals surface area (Å²) in [6, 6.07) is 10.0. The lowest BCUT2D eigenvalue weighted by Crippen LogP contribution is -2.15. The Labute approximate surface area is 141 Å². The lowest BCUT2D eigenvalue weighted by Gasteiger charge is -2.09. The summed E-state index contributed by atoms with van der Waals surface area (Å²) in [7, 11) is 0. The van der Waals surface area contributed by atoms with Crippen LogP contribution in [0.4, 0.5) is 11.4 Å². The van der Waals surface area contributed by atoms with Crippen molar-refractivity contribution in [2.45, 2.75) is 4.90 Å². The standard InChI is InChI=1S/C14H11Cl3N2OS/c15-8-2-4-11(18)12(5-8)19-14(20)7-21-13-6-9(16)1-3-10(13)17/h1-6H,7,18H2,(H,19,20). The summed E-state index contributed by atoms with van der Waals surface area (Å²) < 4.78 is 0. The second-order valence-electron chi connectivity index (χ2n) is 4.14. The normalized spacial score (nSPS) is 10.4. The molecule has 0 aliphatic heterocycles. The molecule has 0 aliphatic carbocycles. The van der Waals surface area contributed by atoms with Gasteiger partial charge in [0.1, 0.15) is 0 Å². The minimum atomic E-state index is -0.204. The average Bonchev–Trinajstić information content (AvgIpc) is 2.44. The maximum atomic E-state index is 11.9. The molecule has 0 bridgehead atoms. The molecule has 0 aliphatic rings. The van der Waals surface area contributed by atoms with Crippen molar-refractivity contribution >= 4 is 63.8 Å². The number of benzene rings is 2. The number of carbonyl (C=O) groups excluding carboxylic acids is 1. The van der Waals surface area contributed by atoms with Gasteiger partial charge in [0.05, 0.1) is 22.2 Å². The first-order chi connectivity index (χ1) is 9.95. The monoisotopic (exact) mass is 360 g/mol. The molecule has 2 aromatic carbocycles. The molecule has 0 aromatic heterocycles. The quantitative estimate of drug-likeness (QED) is 0.598. The molecule has 7 heteroatoms. The first-order valence-corrected chi connectivity index (χ1v) is 8.00. The molecule has 0 saturated heterocycles. The Balaban J connectivity index is 1.99. The second-order valence-corrected chi connectivity index (χ2v) is 6.44. The molecular formula is C14H11Cl3N2OS. The molecule has 1 amide bonds. The van der Waals surface area contributed by atoms with Crippen LogP contribution in [0.2, 0.25) is 15.1 Å². The van der Waals surface area contributed by atoms with Gasteiger partial charge in [0.15, 0.2) is 0 Å². The molecular weight excluding hydrogens is 351 g/mol. The van der Waals surface area contributed by atoms with E-state index in [2.05, 4.69) is 5.32 Å². The summed E-state index contributed by atoms with van der Waals surface area (Å²) in [5.74, 6) is -0.0172. The highest BCUT2D eigenvalue weighted by atomic mass is 35.5. The van der Waals surface area contributed by atoms with E-state index in [1.54, 1.807) is 36.4 Å². The smallest absolute Gasteiger partial charge is 0.234 e. The van der Waals surface area contributed by atoms with Gasteiger partial charge < -0.3 is 11.1 Å². The predicted octanol–water partition coefficient (Wildman–Crippen LogP) is 4.96. The number of nitrogens with one attached hydrogen (secondary N) is 1. The fourth-order valence-corrected chi connectivity index (χ4v) is 3.02. The van der Waals surface area contributed by atoms with E-state index in [0.717, 1.165) is 4.90 Å². The number of nitrogens with two attached hydrogens (primary N) is 1. The maximum Gasteiger partial charge on any atom is 0.234 e. The van der Waals surface area contributed by atoms with Crippen molar-refractivity contribution in [3.63, 3.8) is 0 Å². The summed E-state index contributed by atoms with van der Waals surface area (Å²) in [6.45, 7) is 0. The molecule has 2 aromatic rings. The zero-order valence-corrected chi connectivity index (χ0v) is 13.8. The van der Waals surface area contributed by atoms with E-state index in [4.69, 9.17) is 40.5 Å². The molecule has 0 spiro atoms. The molecule has 0 saturated carbocycles. The van der Waals surface area contributed by atoms with Gasteiger partial charge in [-0.2, -0.15) is 0 Å². The van der Waals surface area contributed by atoms with Gasteiger partial charge in [-0.25, -0.2) is 0 Å². The lowest BCUT2D eigenvalue weighted by atomic mass is 10.2. The average molecular weight is 362 g/mol. The highest BCUT2D eigenvalue weighted by Gasteiger charge is 2.09. The van der Waals surface area contributed by atoms with Crippen molar-refractivity contribution in [3.8, 4) is 0 Å². The topological polar surface area (TPSA) is 55.1 Å². The van der Waals surface area contributed by atoms with Crippen LogP contribution in [0.15, 0.2) is 41.3 Å². The van der Waals surface area contributed by atoms with Gasteiger partial charge >= 0.3 is 0 Å². The van der Waals surface area contributed by atoms with Gasteiger partial charge in [-0.3, -0.25) is 4.79 Å². The predicted molar refractivity (Wildman–Crippen MR) is 91.7 cm³/mol. The number of rotatable bonds is 4. The summed E-state index contributed by atoms with van der Waals surface area (Å²) in [5.41, 5.74) is 6.72. The summed E-state index contributed by atoms with van der Waals surface area (Å²) in [6.07, 6.45) is 0. The third-order valence-electron chi connectivity index (χ3n) is 2.54. The Bertz CT molecular complexity index is 679. The number of nitrogen functional groups attached to an aromatic ring is 1. The molecule has 0 fully saturated rings. The molecule has 21 heavy (non-hydrogen) atoms. The molecule has 0 radical (unpaired) electrons. The minimum Gasteiger partial charge on any atom is -0.397 e. The van der Waals surface area contributed by atoms with Crippen molar-refractivity contribution in [2.24, 2.45) is 0 Å². The summed E-state index contributed by atoms with van der Waals surface area (Å²) in [4.78, 5) is 12.7. The Morgan fingerprint density at radius 1 is 1.10 bits per heavy atom. The molecule has 0 atom stereocenters. The number of carbonyl (C=O) groups is 1. The van der Waals surface area contributed by atoms with Crippen LogP contribution in [0.1, 0.15) is 0 Å². The Morgan fingerprint density at radius 2 is 1.76 bits per heavy atom. The van der Waals surface area contributed by atoms with Crippen LogP contribution < -0.4 is 11.1 Å². The molecule has 2 rings (SSSR count). The van der Waals surface area contributed by atoms with E-state index in [9.17, 15) is 4.79 Å². The van der Waals surface area contributed by atoms with Crippen molar-refractivity contribution in [1.82, 2.24) is 0 Å². The zero-order valence-electron chi connectivity index (χ0n) is 10.7. The zero-order chi connectivity index (χ0) is 15.4. The minimum absolute atomic E-state index is 0.187. The third kappa shape index (κ3) is 4.71. The fourth-order valence-electron chi connectivity index (χ4n) is 1.55. The van der Waals surface area contributed by atoms with Crippen molar-refractivity contribution in [3.05, 3.63) is 51.5 Å². The number of thioether (sulfide) groups is 1. The summed E-state index contributed by atoms with van der Waals surface area (Å²) >= 11 is 19.1. The molecule has 3 N–H and O–H groups in total. The van der Waals surface area contributed by atoms with Crippen molar-refractivity contribution in [1.29, 1.82) is 0 Å². The van der Waals surface area contributed by atoms with Crippen LogP contribution in [-0.2, 0) is 4.79 Å². The Hall–Kier alpha value is -1.07. The van der Waals surface area contributed by atoms with Crippen LogP contribution in [0.3, 0.4) is 0 Å². The lowest BCUT2D eigenvalue weighted by molar-refractivity contribution is -0.113. The number of anilines is 2. The van der Waals surface area contributed by atoms with Gasteiger partial charge in [-0.15, -0.1) is 11.8 Å². The molecule has 3 nitrogen and oxygen atoms in total. The van der Waals surface area contributed by atoms with Crippen LogP contribution >= 0.6 is 46.6 Å². The Kier molecular flexibility index (Phi) is 5.65.